The van der Waals surface area contributed by atoms with Crippen LogP contribution in [0.25, 0.3) is 0 Å². The van der Waals surface area contributed by atoms with Gasteiger partial charge in [0.25, 0.3) is 0 Å². The Hall–Kier alpha value is -0.0600. The summed E-state index contributed by atoms with van der Waals surface area (Å²) in [6.07, 6.45) is 2.15. The van der Waals surface area contributed by atoms with Gasteiger partial charge in [-0.05, 0) is 38.2 Å². The zero-order valence-electron chi connectivity index (χ0n) is 8.67. The summed E-state index contributed by atoms with van der Waals surface area (Å²) < 4.78 is 0. The third kappa shape index (κ3) is 1.83. The van der Waals surface area contributed by atoms with Gasteiger partial charge >= 0.3 is 0 Å². The second kappa shape index (κ2) is 3.83. The van der Waals surface area contributed by atoms with Crippen LogP contribution in [0.3, 0.4) is 0 Å². The lowest BCUT2D eigenvalue weighted by Gasteiger charge is -2.30. The molecule has 1 aliphatic heterocycles. The average Bonchev–Trinajstić information content (AvgIpc) is 2.49. The first kappa shape index (κ1) is 10.5. The van der Waals surface area contributed by atoms with Gasteiger partial charge in [0.15, 0.2) is 0 Å². The van der Waals surface area contributed by atoms with Crippen molar-refractivity contribution in [2.24, 2.45) is 5.73 Å². The highest BCUT2D eigenvalue weighted by Crippen LogP contribution is 2.36. The van der Waals surface area contributed by atoms with E-state index >= 15 is 0 Å². The molecule has 4 heteroatoms. The molecule has 0 amide bonds. The predicted molar refractivity (Wildman–Crippen MR) is 64.0 cm³/mol. The second-order valence-corrected chi connectivity index (χ2v) is 6.36. The van der Waals surface area contributed by atoms with Gasteiger partial charge in [-0.25, -0.2) is 4.98 Å². The van der Waals surface area contributed by atoms with Crippen LogP contribution in [-0.4, -0.2) is 16.5 Å². The smallest absolute Gasteiger partial charge is 0.113 e. The van der Waals surface area contributed by atoms with Gasteiger partial charge in [0.1, 0.15) is 5.01 Å². The van der Waals surface area contributed by atoms with Crippen LogP contribution in [0.15, 0.2) is 0 Å². The molecule has 0 aromatic carbocycles. The van der Waals surface area contributed by atoms with Gasteiger partial charge in [-0.15, -0.1) is 11.3 Å². The number of hydrogen-bond donors (Lipinski definition) is 1. The molecular formula is C10H16N2S2. The minimum atomic E-state index is -0.130. The Kier molecular flexibility index (Phi) is 2.86. The van der Waals surface area contributed by atoms with E-state index in [0.717, 1.165) is 23.5 Å². The fourth-order valence-corrected chi connectivity index (χ4v) is 3.93. The van der Waals surface area contributed by atoms with E-state index < -0.39 is 0 Å². The van der Waals surface area contributed by atoms with Gasteiger partial charge in [0, 0.05) is 4.88 Å². The highest BCUT2D eigenvalue weighted by atomic mass is 32.2. The topological polar surface area (TPSA) is 38.9 Å². The number of thiazole rings is 1. The molecule has 2 N–H and O–H groups in total. The third-order valence-corrected chi connectivity index (χ3v) is 5.12. The zero-order chi connectivity index (χ0) is 10.2. The van der Waals surface area contributed by atoms with Crippen LogP contribution in [0, 0.1) is 13.8 Å². The summed E-state index contributed by atoms with van der Waals surface area (Å²) in [6, 6.07) is 0. The molecule has 0 aliphatic carbocycles. The van der Waals surface area contributed by atoms with E-state index in [1.54, 1.807) is 11.3 Å². The fourth-order valence-electron chi connectivity index (χ4n) is 1.64. The standard InChI is InChI=1S/C10H16N2S2/c1-7-8(2)14-9(12-7)10(11)3-5-13-6-4-10/h3-6,11H2,1-2H3. The lowest BCUT2D eigenvalue weighted by Crippen LogP contribution is -2.40. The maximum absolute atomic E-state index is 6.40. The third-order valence-electron chi connectivity index (χ3n) is 2.84. The van der Waals surface area contributed by atoms with Crippen LogP contribution in [0.1, 0.15) is 28.4 Å². The average molecular weight is 228 g/mol. The SMILES string of the molecule is Cc1nc(C2(N)CCSCC2)sc1C. The van der Waals surface area contributed by atoms with Crippen LogP contribution in [0.2, 0.25) is 0 Å². The van der Waals surface area contributed by atoms with Crippen LogP contribution in [0.4, 0.5) is 0 Å². The van der Waals surface area contributed by atoms with Crippen molar-refractivity contribution >= 4 is 23.1 Å². The van der Waals surface area contributed by atoms with Crippen molar-refractivity contribution in [1.29, 1.82) is 0 Å². The van der Waals surface area contributed by atoms with Crippen molar-refractivity contribution in [2.75, 3.05) is 11.5 Å². The lowest BCUT2D eigenvalue weighted by atomic mass is 9.94. The molecule has 0 radical (unpaired) electrons. The number of thioether (sulfide) groups is 1. The summed E-state index contributed by atoms with van der Waals surface area (Å²) in [7, 11) is 0. The molecule has 0 atom stereocenters. The molecule has 78 valence electrons. The normalized spacial score (nSPS) is 21.1. The van der Waals surface area contributed by atoms with Crippen LogP contribution in [-0.2, 0) is 5.54 Å². The number of aromatic nitrogens is 1. The van der Waals surface area contributed by atoms with E-state index in [2.05, 4.69) is 18.8 Å². The molecule has 0 unspecified atom stereocenters. The first-order valence-corrected chi connectivity index (χ1v) is 6.90. The van der Waals surface area contributed by atoms with E-state index in [-0.39, 0.29) is 5.54 Å². The van der Waals surface area contributed by atoms with Gasteiger partial charge in [-0.2, -0.15) is 11.8 Å². The number of nitrogens with two attached hydrogens (primary N) is 1. The lowest BCUT2D eigenvalue weighted by molar-refractivity contribution is 0.408. The van der Waals surface area contributed by atoms with Gasteiger partial charge in [0.05, 0.1) is 11.2 Å². The fraction of sp³-hybridized carbons (Fsp3) is 0.700. The summed E-state index contributed by atoms with van der Waals surface area (Å²) in [6.45, 7) is 4.19. The quantitative estimate of drug-likeness (QED) is 0.802. The van der Waals surface area contributed by atoms with Crippen LogP contribution >= 0.6 is 23.1 Å². The Bertz CT molecular complexity index is 307. The summed E-state index contributed by atoms with van der Waals surface area (Å²) >= 11 is 3.77. The number of aryl methyl sites for hydroxylation is 2. The summed E-state index contributed by atoms with van der Waals surface area (Å²) in [5.74, 6) is 2.35. The summed E-state index contributed by atoms with van der Waals surface area (Å²) in [4.78, 5) is 5.90. The molecule has 2 nitrogen and oxygen atoms in total. The second-order valence-electron chi connectivity index (χ2n) is 3.93. The van der Waals surface area contributed by atoms with Crippen molar-refractivity contribution in [2.45, 2.75) is 32.2 Å². The molecule has 1 aromatic heterocycles. The maximum atomic E-state index is 6.40. The molecule has 2 rings (SSSR count). The van der Waals surface area contributed by atoms with Crippen molar-refractivity contribution < 1.29 is 0 Å². The molecule has 0 bridgehead atoms. The first-order valence-electron chi connectivity index (χ1n) is 4.93. The zero-order valence-corrected chi connectivity index (χ0v) is 10.3. The van der Waals surface area contributed by atoms with E-state index in [4.69, 9.17) is 5.73 Å². The van der Waals surface area contributed by atoms with Gasteiger partial charge in [-0.1, -0.05) is 0 Å². The Morgan fingerprint density at radius 3 is 2.43 bits per heavy atom. The molecule has 1 aromatic rings. The van der Waals surface area contributed by atoms with Gasteiger partial charge in [-0.3, -0.25) is 0 Å². The molecule has 1 fully saturated rings. The van der Waals surface area contributed by atoms with Gasteiger partial charge in [0.2, 0.25) is 0 Å². The van der Waals surface area contributed by atoms with E-state index in [9.17, 15) is 0 Å². The predicted octanol–water partition coefficient (Wildman–Crippen LogP) is 2.44. The highest BCUT2D eigenvalue weighted by Gasteiger charge is 2.32. The number of hydrogen-bond acceptors (Lipinski definition) is 4. The molecule has 14 heavy (non-hydrogen) atoms. The molecule has 1 saturated heterocycles. The van der Waals surface area contributed by atoms with Crippen molar-refractivity contribution in [3.63, 3.8) is 0 Å². The van der Waals surface area contributed by atoms with E-state index in [0.29, 0.717) is 0 Å². The molecule has 0 spiro atoms. The molecular weight excluding hydrogens is 212 g/mol. The monoisotopic (exact) mass is 228 g/mol. The highest BCUT2D eigenvalue weighted by molar-refractivity contribution is 7.99. The number of rotatable bonds is 1. The van der Waals surface area contributed by atoms with E-state index in [1.807, 2.05) is 11.8 Å². The minimum absolute atomic E-state index is 0.130. The minimum Gasteiger partial charge on any atom is -0.319 e. The molecule has 2 heterocycles. The molecule has 1 aliphatic rings. The summed E-state index contributed by atoms with van der Waals surface area (Å²) in [5.41, 5.74) is 7.41. The van der Waals surface area contributed by atoms with Crippen molar-refractivity contribution in [1.82, 2.24) is 4.98 Å². The van der Waals surface area contributed by atoms with E-state index in [1.165, 1.54) is 16.4 Å². The Morgan fingerprint density at radius 2 is 1.93 bits per heavy atom. The summed E-state index contributed by atoms with van der Waals surface area (Å²) in [5, 5.41) is 1.15. The van der Waals surface area contributed by atoms with Crippen molar-refractivity contribution in [3.05, 3.63) is 15.6 Å². The van der Waals surface area contributed by atoms with Crippen LogP contribution in [0.5, 0.6) is 0 Å². The van der Waals surface area contributed by atoms with Gasteiger partial charge < -0.3 is 5.73 Å². The maximum Gasteiger partial charge on any atom is 0.113 e. The number of nitrogens with zero attached hydrogens (tertiary/aromatic N) is 1. The molecule has 0 saturated carbocycles. The van der Waals surface area contributed by atoms with Crippen molar-refractivity contribution in [3.8, 4) is 0 Å². The first-order chi connectivity index (χ1) is 6.62. The largest absolute Gasteiger partial charge is 0.319 e. The Morgan fingerprint density at radius 1 is 1.29 bits per heavy atom. The Balaban J connectivity index is 2.28. The Labute approximate surface area is 93.3 Å². The van der Waals surface area contributed by atoms with Crippen LogP contribution < -0.4 is 5.73 Å².